The number of benzene rings is 1. The van der Waals surface area contributed by atoms with Crippen LogP contribution in [0.5, 0.6) is 0 Å². The van der Waals surface area contributed by atoms with Crippen molar-refractivity contribution < 1.29 is 13.4 Å². The monoisotopic (exact) mass is 392 g/mol. The highest BCUT2D eigenvalue weighted by Gasteiger charge is 2.24. The van der Waals surface area contributed by atoms with Crippen LogP contribution in [0.2, 0.25) is 0 Å². The highest BCUT2D eigenvalue weighted by Crippen LogP contribution is 2.32. The van der Waals surface area contributed by atoms with Gasteiger partial charge in [0, 0.05) is 16.7 Å². The third kappa shape index (κ3) is 5.59. The lowest BCUT2D eigenvalue weighted by Gasteiger charge is -2.30. The minimum absolute atomic E-state index is 0.305. The smallest absolute Gasteiger partial charge is 0.330 e. The molecule has 1 aromatic carbocycles. The predicted octanol–water partition coefficient (Wildman–Crippen LogP) is 6.66. The Labute approximate surface area is 170 Å². The van der Waals surface area contributed by atoms with Crippen LogP contribution >= 0.6 is 0 Å². The Hall–Kier alpha value is -1.36. The zero-order valence-corrected chi connectivity index (χ0v) is 18.9. The van der Waals surface area contributed by atoms with Crippen LogP contribution in [0.4, 0.5) is 8.78 Å². The van der Waals surface area contributed by atoms with Crippen LogP contribution in [0, 0.1) is 5.92 Å². The number of fused-ring (bicyclic) bond motifs is 1. The first-order valence-corrected chi connectivity index (χ1v) is 10.7. The highest BCUT2D eigenvalue weighted by molar-refractivity contribution is 6.47. The summed E-state index contributed by atoms with van der Waals surface area (Å²) in [7, 11) is 1.69. The van der Waals surface area contributed by atoms with Crippen LogP contribution < -0.4 is 5.46 Å². The number of alkyl halides is 2. The minimum Gasteiger partial charge on any atom is -0.429 e. The first kappa shape index (κ1) is 24.7. The van der Waals surface area contributed by atoms with E-state index >= 15 is 0 Å². The normalized spacial score (nSPS) is 11.9. The Kier molecular flexibility index (Phi) is 9.69. The van der Waals surface area contributed by atoms with Gasteiger partial charge < -0.3 is 4.65 Å². The molecule has 2 aromatic rings. The van der Waals surface area contributed by atoms with Crippen molar-refractivity contribution in [2.45, 2.75) is 93.2 Å². The molecule has 1 radical (unpaired) electrons. The van der Waals surface area contributed by atoms with Crippen molar-refractivity contribution in [1.29, 1.82) is 0 Å². The van der Waals surface area contributed by atoms with Crippen LogP contribution in [0.25, 0.3) is 10.9 Å². The lowest BCUT2D eigenvalue weighted by molar-refractivity contribution is 0.0667. The second-order valence-corrected chi connectivity index (χ2v) is 7.80. The molecule has 0 aliphatic carbocycles. The van der Waals surface area contributed by atoms with Gasteiger partial charge in [-0.1, -0.05) is 65.6 Å². The minimum atomic E-state index is -2.54. The molecule has 0 spiro atoms. The van der Waals surface area contributed by atoms with Gasteiger partial charge in [-0.2, -0.15) is 8.78 Å². The molecule has 2 rings (SSSR count). The molecular formula is C23H37BF2NO. The molecule has 0 unspecified atom stereocenters. The van der Waals surface area contributed by atoms with Gasteiger partial charge in [-0.25, -0.2) is 0 Å². The van der Waals surface area contributed by atoms with E-state index in [1.807, 2.05) is 52.8 Å². The van der Waals surface area contributed by atoms with Gasteiger partial charge >= 0.3 is 14.0 Å². The summed E-state index contributed by atoms with van der Waals surface area (Å²) in [6.45, 7) is 13.8. The number of rotatable bonds is 9. The maximum Gasteiger partial charge on any atom is 0.330 e. The first-order valence-electron chi connectivity index (χ1n) is 10.7. The van der Waals surface area contributed by atoms with Gasteiger partial charge in [-0.3, -0.25) is 4.57 Å². The fourth-order valence-electron chi connectivity index (χ4n) is 3.12. The van der Waals surface area contributed by atoms with E-state index in [1.165, 1.54) is 4.57 Å². The second-order valence-electron chi connectivity index (χ2n) is 7.80. The Morgan fingerprint density at radius 3 is 2.29 bits per heavy atom. The van der Waals surface area contributed by atoms with Gasteiger partial charge in [0.05, 0.1) is 5.52 Å². The van der Waals surface area contributed by atoms with Gasteiger partial charge in [0.15, 0.2) is 0 Å². The van der Waals surface area contributed by atoms with E-state index in [4.69, 9.17) is 4.65 Å². The van der Waals surface area contributed by atoms with E-state index in [0.717, 1.165) is 41.4 Å². The Bertz CT molecular complexity index is 738. The summed E-state index contributed by atoms with van der Waals surface area (Å²) in [5, 5.41) is 0.941. The fourth-order valence-corrected chi connectivity index (χ4v) is 3.12. The number of halogens is 2. The largest absolute Gasteiger partial charge is 0.429 e. The van der Waals surface area contributed by atoms with Gasteiger partial charge in [-0.05, 0) is 50.7 Å². The molecule has 0 atom stereocenters. The second kappa shape index (κ2) is 11.0. The summed E-state index contributed by atoms with van der Waals surface area (Å²) < 4.78 is 34.8. The maximum absolute atomic E-state index is 13.8. The highest BCUT2D eigenvalue weighted by atomic mass is 19.3. The summed E-state index contributed by atoms with van der Waals surface area (Å²) in [6, 6.07) is 5.76. The number of unbranched alkanes of at least 4 members (excludes halogenated alkanes) is 1. The van der Waals surface area contributed by atoms with E-state index in [1.54, 1.807) is 7.48 Å². The number of aromatic nitrogens is 1. The molecule has 0 fully saturated rings. The van der Waals surface area contributed by atoms with E-state index < -0.39 is 6.55 Å². The van der Waals surface area contributed by atoms with Crippen molar-refractivity contribution in [3.05, 3.63) is 29.5 Å². The Morgan fingerprint density at radius 2 is 1.79 bits per heavy atom. The maximum atomic E-state index is 13.8. The molecule has 1 heterocycles. The molecule has 1 aromatic heterocycles. The average molecular weight is 392 g/mol. The summed E-state index contributed by atoms with van der Waals surface area (Å²) in [4.78, 5) is 0. The Morgan fingerprint density at radius 1 is 1.14 bits per heavy atom. The molecule has 0 amide bonds. The molecular weight excluding hydrogens is 355 g/mol. The van der Waals surface area contributed by atoms with Gasteiger partial charge in [0.1, 0.15) is 0 Å². The molecule has 157 valence electrons. The van der Waals surface area contributed by atoms with Crippen LogP contribution in [0.15, 0.2) is 18.2 Å². The number of aryl methyl sites for hydroxylation is 1. The van der Waals surface area contributed by atoms with Crippen LogP contribution in [0.1, 0.15) is 86.0 Å². The van der Waals surface area contributed by atoms with Crippen molar-refractivity contribution in [3.63, 3.8) is 0 Å². The molecule has 2 nitrogen and oxygen atoms in total. The fraction of sp³-hybridized carbons (Fsp3) is 0.652. The summed E-state index contributed by atoms with van der Waals surface area (Å²) in [6.07, 6.45) is 3.51. The lowest BCUT2D eigenvalue weighted by atomic mass is 9.84. The van der Waals surface area contributed by atoms with Crippen molar-refractivity contribution in [1.82, 2.24) is 4.57 Å². The Balaban J connectivity index is 0.00000190. The van der Waals surface area contributed by atoms with E-state index in [0.29, 0.717) is 17.9 Å². The van der Waals surface area contributed by atoms with Crippen LogP contribution in [-0.4, -0.2) is 17.7 Å². The van der Waals surface area contributed by atoms with Gasteiger partial charge in [-0.15, -0.1) is 0 Å². The molecule has 0 aliphatic heterocycles. The standard InChI is InChI=1S/C21H31BF2NO.C2H6/c1-7-9-10-16-17-12-11-15(22-26-21(5,6)14(3)4)13-19(17)25(20(23)24)18(16)8-2;1-2/h11-14,20H,7-10H2,1-6H3;1-2H3. The first-order chi connectivity index (χ1) is 13.2. The summed E-state index contributed by atoms with van der Waals surface area (Å²) in [5.41, 5.74) is 2.93. The quantitative estimate of drug-likeness (QED) is 0.435. The van der Waals surface area contributed by atoms with Crippen molar-refractivity contribution >= 4 is 23.8 Å². The molecule has 0 saturated carbocycles. The number of hydrogen-bond donors (Lipinski definition) is 0. The number of hydrogen-bond acceptors (Lipinski definition) is 1. The zero-order chi connectivity index (χ0) is 21.5. The van der Waals surface area contributed by atoms with Crippen LogP contribution in [0.3, 0.4) is 0 Å². The van der Waals surface area contributed by atoms with Crippen molar-refractivity contribution in [2.24, 2.45) is 5.92 Å². The summed E-state index contributed by atoms with van der Waals surface area (Å²) >= 11 is 0. The average Bonchev–Trinajstić information content (AvgIpc) is 2.99. The molecule has 0 bridgehead atoms. The zero-order valence-electron chi connectivity index (χ0n) is 18.9. The summed E-state index contributed by atoms with van der Waals surface area (Å²) in [5.74, 6) is 0.347. The third-order valence-electron chi connectivity index (χ3n) is 5.45. The van der Waals surface area contributed by atoms with E-state index in [2.05, 4.69) is 20.8 Å². The molecule has 0 saturated heterocycles. The molecule has 0 N–H and O–H groups in total. The predicted molar refractivity (Wildman–Crippen MR) is 118 cm³/mol. The lowest BCUT2D eigenvalue weighted by Crippen LogP contribution is -2.36. The third-order valence-corrected chi connectivity index (χ3v) is 5.45. The van der Waals surface area contributed by atoms with Gasteiger partial charge in [0.2, 0.25) is 0 Å². The van der Waals surface area contributed by atoms with Crippen molar-refractivity contribution in [3.8, 4) is 0 Å². The molecule has 5 heteroatoms. The number of nitrogens with zero attached hydrogens (tertiary/aromatic N) is 1. The van der Waals surface area contributed by atoms with Gasteiger partial charge in [0.25, 0.3) is 0 Å². The van der Waals surface area contributed by atoms with E-state index in [9.17, 15) is 8.78 Å². The topological polar surface area (TPSA) is 14.2 Å². The molecule has 28 heavy (non-hydrogen) atoms. The molecule has 0 aliphatic rings. The van der Waals surface area contributed by atoms with Crippen molar-refractivity contribution in [2.75, 3.05) is 0 Å². The SMILES string of the molecule is CC.CCCCc1c(CC)n(C(F)F)c2cc([B]OC(C)(C)C(C)C)ccc12. The van der Waals surface area contributed by atoms with E-state index in [-0.39, 0.29) is 5.60 Å². The van der Waals surface area contributed by atoms with Crippen LogP contribution in [-0.2, 0) is 17.5 Å².